The first kappa shape index (κ1) is 13.3. The molecule has 0 radical (unpaired) electrons. The quantitative estimate of drug-likeness (QED) is 0.812. The first-order valence-electron chi connectivity index (χ1n) is 6.78. The average molecular weight is 249 g/mol. The zero-order valence-electron chi connectivity index (χ0n) is 11.3. The zero-order valence-corrected chi connectivity index (χ0v) is 11.3. The van der Waals surface area contributed by atoms with Crippen molar-refractivity contribution in [3.8, 4) is 0 Å². The number of piperidine rings is 1. The van der Waals surface area contributed by atoms with Gasteiger partial charge in [0.2, 0.25) is 0 Å². The van der Waals surface area contributed by atoms with E-state index in [4.69, 9.17) is 4.84 Å². The third-order valence-electron chi connectivity index (χ3n) is 3.19. The largest absolute Gasteiger partial charge is 0.371 e. The van der Waals surface area contributed by atoms with Crippen molar-refractivity contribution in [2.45, 2.75) is 32.7 Å². The summed E-state index contributed by atoms with van der Waals surface area (Å²) in [5.74, 6) is 0.578. The fourth-order valence-electron chi connectivity index (χ4n) is 2.14. The van der Waals surface area contributed by atoms with E-state index in [1.165, 1.54) is 5.69 Å². The first-order valence-corrected chi connectivity index (χ1v) is 6.78. The molecule has 0 atom stereocenters. The van der Waals surface area contributed by atoms with Crippen LogP contribution in [0.3, 0.4) is 0 Å². The molecule has 0 amide bonds. The highest BCUT2D eigenvalue weighted by molar-refractivity contribution is 5.44. The van der Waals surface area contributed by atoms with Gasteiger partial charge >= 0.3 is 0 Å². The Morgan fingerprint density at radius 3 is 2.61 bits per heavy atom. The number of rotatable bonds is 5. The van der Waals surface area contributed by atoms with Gasteiger partial charge in [0.05, 0.1) is 6.61 Å². The minimum absolute atomic E-state index is 0.488. The van der Waals surface area contributed by atoms with E-state index in [-0.39, 0.29) is 0 Å². The van der Waals surface area contributed by atoms with Crippen LogP contribution in [0.15, 0.2) is 24.5 Å². The zero-order chi connectivity index (χ0) is 12.8. The lowest BCUT2D eigenvalue weighted by Crippen LogP contribution is -2.42. The smallest absolute Gasteiger partial charge is 0.0705 e. The number of pyridine rings is 1. The number of hydrogen-bond donors (Lipinski definition) is 1. The second kappa shape index (κ2) is 6.71. The summed E-state index contributed by atoms with van der Waals surface area (Å²) in [5, 5.41) is 0. The molecule has 1 aromatic rings. The average Bonchev–Trinajstić information content (AvgIpc) is 2.40. The Morgan fingerprint density at radius 1 is 1.33 bits per heavy atom. The molecule has 1 aromatic heterocycles. The van der Waals surface area contributed by atoms with Crippen molar-refractivity contribution < 1.29 is 4.84 Å². The Bertz CT molecular complexity index is 334. The summed E-state index contributed by atoms with van der Waals surface area (Å²) in [6.07, 6.45) is 5.96. The Kier molecular flexibility index (Phi) is 4.96. The van der Waals surface area contributed by atoms with Gasteiger partial charge in [0, 0.05) is 37.2 Å². The maximum absolute atomic E-state index is 5.50. The summed E-state index contributed by atoms with van der Waals surface area (Å²) in [6, 6.07) is 4.63. The number of aromatic nitrogens is 1. The van der Waals surface area contributed by atoms with Crippen LogP contribution in [0, 0.1) is 5.92 Å². The molecule has 1 fully saturated rings. The van der Waals surface area contributed by atoms with Crippen LogP contribution >= 0.6 is 0 Å². The highest BCUT2D eigenvalue weighted by atomic mass is 16.6. The van der Waals surface area contributed by atoms with E-state index in [0.29, 0.717) is 12.0 Å². The molecule has 0 bridgehead atoms. The van der Waals surface area contributed by atoms with Crippen molar-refractivity contribution in [2.75, 3.05) is 24.6 Å². The van der Waals surface area contributed by atoms with Gasteiger partial charge in [-0.2, -0.15) is 5.48 Å². The SMILES string of the molecule is CC(C)CONC1CCN(c2ccncc2)CC1. The van der Waals surface area contributed by atoms with Crippen molar-refractivity contribution >= 4 is 5.69 Å². The maximum Gasteiger partial charge on any atom is 0.0705 e. The summed E-state index contributed by atoms with van der Waals surface area (Å²) < 4.78 is 0. The van der Waals surface area contributed by atoms with Crippen LogP contribution in [0.5, 0.6) is 0 Å². The molecule has 18 heavy (non-hydrogen) atoms. The van der Waals surface area contributed by atoms with Gasteiger partial charge in [-0.3, -0.25) is 4.98 Å². The molecule has 1 N–H and O–H groups in total. The van der Waals surface area contributed by atoms with Crippen LogP contribution < -0.4 is 10.4 Å². The standard InChI is InChI=1S/C14H23N3O/c1-12(2)11-18-16-13-5-9-17(10-6-13)14-3-7-15-8-4-14/h3-4,7-8,12-13,16H,5-6,9-11H2,1-2H3. The third kappa shape index (κ3) is 3.96. The fraction of sp³-hybridized carbons (Fsp3) is 0.643. The summed E-state index contributed by atoms with van der Waals surface area (Å²) in [4.78, 5) is 12.0. The minimum atomic E-state index is 0.488. The number of hydroxylamine groups is 1. The predicted octanol–water partition coefficient (Wildman–Crippen LogP) is 2.23. The van der Waals surface area contributed by atoms with Crippen LogP contribution in [-0.4, -0.2) is 30.7 Å². The Labute approximate surface area is 109 Å². The molecule has 2 rings (SSSR count). The van der Waals surface area contributed by atoms with E-state index in [1.807, 2.05) is 12.4 Å². The maximum atomic E-state index is 5.50. The van der Waals surface area contributed by atoms with Crippen LogP contribution in [0.4, 0.5) is 5.69 Å². The van der Waals surface area contributed by atoms with E-state index in [1.54, 1.807) is 0 Å². The van der Waals surface area contributed by atoms with Crippen LogP contribution in [0.1, 0.15) is 26.7 Å². The Balaban J connectivity index is 1.71. The van der Waals surface area contributed by atoms with Crippen molar-refractivity contribution in [3.05, 3.63) is 24.5 Å². The van der Waals surface area contributed by atoms with Gasteiger partial charge in [-0.25, -0.2) is 0 Å². The summed E-state index contributed by atoms with van der Waals surface area (Å²) in [7, 11) is 0. The summed E-state index contributed by atoms with van der Waals surface area (Å²) >= 11 is 0. The van der Waals surface area contributed by atoms with E-state index >= 15 is 0 Å². The number of hydrogen-bond acceptors (Lipinski definition) is 4. The van der Waals surface area contributed by atoms with E-state index in [2.05, 4.69) is 41.3 Å². The molecule has 0 unspecified atom stereocenters. The van der Waals surface area contributed by atoms with Crippen molar-refractivity contribution in [1.82, 2.24) is 10.5 Å². The molecule has 100 valence electrons. The molecule has 0 spiro atoms. The van der Waals surface area contributed by atoms with Gasteiger partial charge in [0.15, 0.2) is 0 Å². The lowest BCUT2D eigenvalue weighted by atomic mass is 10.1. The van der Waals surface area contributed by atoms with Crippen LogP contribution in [0.2, 0.25) is 0 Å². The van der Waals surface area contributed by atoms with Gasteiger partial charge < -0.3 is 9.74 Å². The lowest BCUT2D eigenvalue weighted by Gasteiger charge is -2.33. The van der Waals surface area contributed by atoms with Gasteiger partial charge in [0.25, 0.3) is 0 Å². The number of nitrogens with one attached hydrogen (secondary N) is 1. The Hall–Kier alpha value is -1.13. The molecular formula is C14H23N3O. The molecule has 4 heteroatoms. The Morgan fingerprint density at radius 2 is 2.00 bits per heavy atom. The molecule has 2 heterocycles. The molecule has 0 aliphatic carbocycles. The highest BCUT2D eigenvalue weighted by Crippen LogP contribution is 2.18. The number of nitrogens with zero attached hydrogens (tertiary/aromatic N) is 2. The molecular weight excluding hydrogens is 226 g/mol. The lowest BCUT2D eigenvalue weighted by molar-refractivity contribution is -0.00404. The topological polar surface area (TPSA) is 37.4 Å². The monoisotopic (exact) mass is 249 g/mol. The summed E-state index contributed by atoms with van der Waals surface area (Å²) in [5.41, 5.74) is 4.46. The van der Waals surface area contributed by atoms with E-state index in [0.717, 1.165) is 32.5 Å². The summed E-state index contributed by atoms with van der Waals surface area (Å²) in [6.45, 7) is 7.26. The van der Waals surface area contributed by atoms with Crippen LogP contribution in [-0.2, 0) is 4.84 Å². The van der Waals surface area contributed by atoms with Gasteiger partial charge in [0.1, 0.15) is 0 Å². The van der Waals surface area contributed by atoms with Crippen molar-refractivity contribution in [2.24, 2.45) is 5.92 Å². The van der Waals surface area contributed by atoms with E-state index < -0.39 is 0 Å². The third-order valence-corrected chi connectivity index (χ3v) is 3.19. The molecule has 0 aromatic carbocycles. The first-order chi connectivity index (χ1) is 8.75. The van der Waals surface area contributed by atoms with Gasteiger partial charge in [-0.1, -0.05) is 13.8 Å². The second-order valence-corrected chi connectivity index (χ2v) is 5.29. The molecule has 1 saturated heterocycles. The molecule has 0 saturated carbocycles. The normalized spacial score (nSPS) is 17.4. The van der Waals surface area contributed by atoms with Crippen molar-refractivity contribution in [1.29, 1.82) is 0 Å². The molecule has 4 nitrogen and oxygen atoms in total. The predicted molar refractivity (Wildman–Crippen MR) is 73.4 cm³/mol. The minimum Gasteiger partial charge on any atom is -0.371 e. The van der Waals surface area contributed by atoms with E-state index in [9.17, 15) is 0 Å². The molecule has 1 aliphatic rings. The molecule has 1 aliphatic heterocycles. The van der Waals surface area contributed by atoms with Gasteiger partial charge in [-0.05, 0) is 30.9 Å². The highest BCUT2D eigenvalue weighted by Gasteiger charge is 2.19. The second-order valence-electron chi connectivity index (χ2n) is 5.29. The van der Waals surface area contributed by atoms with Crippen molar-refractivity contribution in [3.63, 3.8) is 0 Å². The number of anilines is 1. The van der Waals surface area contributed by atoms with Crippen LogP contribution in [0.25, 0.3) is 0 Å². The fourth-order valence-corrected chi connectivity index (χ4v) is 2.14. The van der Waals surface area contributed by atoms with Gasteiger partial charge in [-0.15, -0.1) is 0 Å².